The molecule has 2 aromatic rings. The lowest BCUT2D eigenvalue weighted by Crippen LogP contribution is -2.21. The maximum atomic E-state index is 9.44. The van der Waals surface area contributed by atoms with Crippen molar-refractivity contribution in [2.45, 2.75) is 26.4 Å². The summed E-state index contributed by atoms with van der Waals surface area (Å²) in [6, 6.07) is 5.03. The molecule has 0 amide bonds. The first-order valence-corrected chi connectivity index (χ1v) is 6.46. The highest BCUT2D eigenvalue weighted by Gasteiger charge is 2.09. The van der Waals surface area contributed by atoms with E-state index in [0.29, 0.717) is 12.6 Å². The van der Waals surface area contributed by atoms with Crippen molar-refractivity contribution in [1.29, 1.82) is 0 Å². The van der Waals surface area contributed by atoms with Crippen LogP contribution in [0, 0.1) is 0 Å². The Balaban J connectivity index is 2.16. The van der Waals surface area contributed by atoms with Gasteiger partial charge < -0.3 is 15.5 Å². The molecule has 1 aromatic carbocycles. The fourth-order valence-corrected chi connectivity index (χ4v) is 2.18. The summed E-state index contributed by atoms with van der Waals surface area (Å²) in [7, 11) is 0. The molecule has 0 aliphatic rings. The zero-order valence-corrected chi connectivity index (χ0v) is 11.0. The minimum absolute atomic E-state index is 0.134. The molecule has 1 heterocycles. The third kappa shape index (κ3) is 2.96. The van der Waals surface area contributed by atoms with E-state index in [4.69, 9.17) is 0 Å². The Labute approximate surface area is 109 Å². The summed E-state index contributed by atoms with van der Waals surface area (Å²) in [5, 5.41) is 31.7. The summed E-state index contributed by atoms with van der Waals surface area (Å²) >= 11 is 1.47. The summed E-state index contributed by atoms with van der Waals surface area (Å²) in [6.07, 6.45) is 0. The summed E-state index contributed by atoms with van der Waals surface area (Å²) in [5.74, 6) is -0.283. The molecule has 0 bridgehead atoms. The first kappa shape index (κ1) is 12.8. The molecule has 0 atom stereocenters. The highest BCUT2D eigenvalue weighted by molar-refractivity contribution is 7.14. The summed E-state index contributed by atoms with van der Waals surface area (Å²) in [4.78, 5) is 0. The van der Waals surface area contributed by atoms with Gasteiger partial charge >= 0.3 is 0 Å². The molecule has 0 aliphatic heterocycles. The van der Waals surface area contributed by atoms with E-state index < -0.39 is 0 Å². The van der Waals surface area contributed by atoms with E-state index in [1.807, 2.05) is 0 Å². The molecule has 3 N–H and O–H groups in total. The summed E-state index contributed by atoms with van der Waals surface area (Å²) in [5.41, 5.74) is 0.749. The van der Waals surface area contributed by atoms with Gasteiger partial charge in [0.05, 0.1) is 0 Å². The third-order valence-electron chi connectivity index (χ3n) is 2.35. The lowest BCUT2D eigenvalue weighted by Gasteiger charge is -2.03. The van der Waals surface area contributed by atoms with Crippen molar-refractivity contribution < 1.29 is 10.2 Å². The largest absolute Gasteiger partial charge is 0.504 e. The van der Waals surface area contributed by atoms with E-state index in [2.05, 4.69) is 29.4 Å². The number of hydrogen-bond acceptors (Lipinski definition) is 6. The van der Waals surface area contributed by atoms with Crippen molar-refractivity contribution >= 4 is 11.3 Å². The average molecular weight is 265 g/mol. The highest BCUT2D eigenvalue weighted by atomic mass is 32.1. The quantitative estimate of drug-likeness (QED) is 0.738. The fraction of sp³-hybridized carbons (Fsp3) is 0.333. The lowest BCUT2D eigenvalue weighted by atomic mass is 10.2. The van der Waals surface area contributed by atoms with Gasteiger partial charge in [0.25, 0.3) is 0 Å². The van der Waals surface area contributed by atoms with E-state index in [0.717, 1.165) is 15.6 Å². The van der Waals surface area contributed by atoms with Gasteiger partial charge in [-0.2, -0.15) is 0 Å². The molecule has 0 spiro atoms. The van der Waals surface area contributed by atoms with Crippen molar-refractivity contribution in [3.63, 3.8) is 0 Å². The molecule has 6 heteroatoms. The second-order valence-electron chi connectivity index (χ2n) is 4.24. The van der Waals surface area contributed by atoms with Gasteiger partial charge in [0.2, 0.25) is 0 Å². The van der Waals surface area contributed by atoms with E-state index in [9.17, 15) is 10.2 Å². The van der Waals surface area contributed by atoms with Gasteiger partial charge in [-0.3, -0.25) is 0 Å². The molecular weight excluding hydrogens is 250 g/mol. The zero-order valence-electron chi connectivity index (χ0n) is 10.2. The van der Waals surface area contributed by atoms with Crippen LogP contribution in [0.1, 0.15) is 18.9 Å². The van der Waals surface area contributed by atoms with Crippen LogP contribution in [0.2, 0.25) is 0 Å². The van der Waals surface area contributed by atoms with Crippen molar-refractivity contribution in [3.05, 3.63) is 23.2 Å². The number of benzene rings is 1. The summed E-state index contributed by atoms with van der Waals surface area (Å²) < 4.78 is 0. The number of phenols is 2. The van der Waals surface area contributed by atoms with Gasteiger partial charge in [-0.1, -0.05) is 25.2 Å². The average Bonchev–Trinajstić information content (AvgIpc) is 2.79. The Morgan fingerprint density at radius 3 is 2.67 bits per heavy atom. The van der Waals surface area contributed by atoms with Crippen LogP contribution in [0.5, 0.6) is 11.5 Å². The fourth-order valence-electron chi connectivity index (χ4n) is 1.39. The molecule has 0 aliphatic carbocycles. The van der Waals surface area contributed by atoms with Crippen LogP contribution in [-0.2, 0) is 6.54 Å². The molecule has 0 saturated carbocycles. The van der Waals surface area contributed by atoms with E-state index in [1.165, 1.54) is 23.5 Å². The monoisotopic (exact) mass is 265 g/mol. The maximum Gasteiger partial charge on any atom is 0.158 e. The molecule has 5 nitrogen and oxygen atoms in total. The van der Waals surface area contributed by atoms with Gasteiger partial charge in [0.1, 0.15) is 10.0 Å². The standard InChI is InChI=1S/C12H15N3O2S/c1-7(2)13-6-11-14-15-12(18-11)8-3-4-9(16)10(17)5-8/h3-5,7,13,16-17H,6H2,1-2H3. The maximum absolute atomic E-state index is 9.44. The topological polar surface area (TPSA) is 78.3 Å². The van der Waals surface area contributed by atoms with Crippen molar-refractivity contribution in [2.75, 3.05) is 0 Å². The third-order valence-corrected chi connectivity index (χ3v) is 3.32. The number of hydrogen-bond donors (Lipinski definition) is 3. The van der Waals surface area contributed by atoms with Crippen LogP contribution in [0.15, 0.2) is 18.2 Å². The minimum atomic E-state index is -0.149. The van der Waals surface area contributed by atoms with Gasteiger partial charge in [-0.15, -0.1) is 10.2 Å². The predicted octanol–water partition coefficient (Wildman–Crippen LogP) is 2.11. The van der Waals surface area contributed by atoms with Crippen molar-refractivity contribution in [1.82, 2.24) is 15.5 Å². The van der Waals surface area contributed by atoms with Gasteiger partial charge in [0, 0.05) is 18.2 Å². The molecule has 0 fully saturated rings. The first-order chi connectivity index (χ1) is 8.56. The molecule has 0 saturated heterocycles. The normalized spacial score (nSPS) is 11.1. The first-order valence-electron chi connectivity index (χ1n) is 5.64. The SMILES string of the molecule is CC(C)NCc1nnc(-c2ccc(O)c(O)c2)s1. The Kier molecular flexibility index (Phi) is 3.78. The van der Waals surface area contributed by atoms with Crippen LogP contribution in [0.4, 0.5) is 0 Å². The van der Waals surface area contributed by atoms with Crippen LogP contribution < -0.4 is 5.32 Å². The number of rotatable bonds is 4. The number of nitrogens with zero attached hydrogens (tertiary/aromatic N) is 2. The lowest BCUT2D eigenvalue weighted by molar-refractivity contribution is 0.404. The molecular formula is C12H15N3O2S. The van der Waals surface area contributed by atoms with E-state index in [1.54, 1.807) is 6.07 Å². The number of aromatic nitrogens is 2. The number of aromatic hydroxyl groups is 2. The number of nitrogens with one attached hydrogen (secondary N) is 1. The minimum Gasteiger partial charge on any atom is -0.504 e. The van der Waals surface area contributed by atoms with Crippen molar-refractivity contribution in [3.8, 4) is 22.1 Å². The Morgan fingerprint density at radius 1 is 1.22 bits per heavy atom. The van der Waals surface area contributed by atoms with E-state index >= 15 is 0 Å². The second-order valence-corrected chi connectivity index (χ2v) is 5.30. The predicted molar refractivity (Wildman–Crippen MR) is 70.7 cm³/mol. The van der Waals surface area contributed by atoms with Crippen LogP contribution >= 0.6 is 11.3 Å². The molecule has 18 heavy (non-hydrogen) atoms. The molecule has 0 unspecified atom stereocenters. The molecule has 0 radical (unpaired) electrons. The Hall–Kier alpha value is -1.66. The zero-order chi connectivity index (χ0) is 13.1. The van der Waals surface area contributed by atoms with Crippen LogP contribution in [-0.4, -0.2) is 26.5 Å². The van der Waals surface area contributed by atoms with Crippen molar-refractivity contribution in [2.24, 2.45) is 0 Å². The second kappa shape index (κ2) is 5.32. The van der Waals surface area contributed by atoms with E-state index in [-0.39, 0.29) is 11.5 Å². The number of phenolic OH excluding ortho intramolecular Hbond substituents is 2. The Morgan fingerprint density at radius 2 is 2.00 bits per heavy atom. The van der Waals surface area contributed by atoms with Crippen LogP contribution in [0.25, 0.3) is 10.6 Å². The van der Waals surface area contributed by atoms with Crippen LogP contribution in [0.3, 0.4) is 0 Å². The van der Waals surface area contributed by atoms with Gasteiger partial charge in [-0.25, -0.2) is 0 Å². The smallest absolute Gasteiger partial charge is 0.158 e. The van der Waals surface area contributed by atoms with Gasteiger partial charge in [-0.05, 0) is 18.2 Å². The Bertz CT molecular complexity index is 540. The summed E-state index contributed by atoms with van der Waals surface area (Å²) in [6.45, 7) is 4.82. The van der Waals surface area contributed by atoms with Gasteiger partial charge in [0.15, 0.2) is 11.5 Å². The molecule has 96 valence electrons. The highest BCUT2D eigenvalue weighted by Crippen LogP contribution is 2.31. The molecule has 2 rings (SSSR count). The molecule has 1 aromatic heterocycles.